The lowest BCUT2D eigenvalue weighted by molar-refractivity contribution is -0.137. The quantitative estimate of drug-likeness (QED) is 0.328. The molecule has 5 rings (SSSR count). The second-order valence-corrected chi connectivity index (χ2v) is 10.8. The van der Waals surface area contributed by atoms with Gasteiger partial charge in [0.2, 0.25) is 0 Å². The molecule has 2 amide bonds. The van der Waals surface area contributed by atoms with Crippen LogP contribution in [0.3, 0.4) is 0 Å². The van der Waals surface area contributed by atoms with Gasteiger partial charge in [-0.3, -0.25) is 4.90 Å². The molecule has 0 unspecified atom stereocenters. The molecule has 0 radical (unpaired) electrons. The Morgan fingerprint density at radius 1 is 1.08 bits per heavy atom. The fraction of sp³-hybridized carbons (Fsp3) is 0.310. The largest absolute Gasteiger partial charge is 0.416 e. The van der Waals surface area contributed by atoms with E-state index < -0.39 is 17.2 Å². The van der Waals surface area contributed by atoms with Gasteiger partial charge in [0.25, 0.3) is 0 Å². The number of nitrogens with one attached hydrogen (secondary N) is 1. The molecule has 0 saturated carbocycles. The molecule has 10 heteroatoms. The van der Waals surface area contributed by atoms with Gasteiger partial charge in [-0.15, -0.1) is 0 Å². The first-order chi connectivity index (χ1) is 18.6. The summed E-state index contributed by atoms with van der Waals surface area (Å²) in [7, 11) is 0. The molecule has 1 aromatic heterocycles. The number of aromatic nitrogens is 1. The van der Waals surface area contributed by atoms with Crippen LogP contribution in [0.4, 0.5) is 23.7 Å². The fourth-order valence-corrected chi connectivity index (χ4v) is 5.70. The number of fused-ring (bicyclic) bond motifs is 2. The van der Waals surface area contributed by atoms with E-state index in [2.05, 4.69) is 10.3 Å². The van der Waals surface area contributed by atoms with Gasteiger partial charge in [-0.1, -0.05) is 47.5 Å². The van der Waals surface area contributed by atoms with Crippen LogP contribution in [-0.2, 0) is 18.1 Å². The highest BCUT2D eigenvalue weighted by Gasteiger charge is 2.47. The lowest BCUT2D eigenvalue weighted by Crippen LogP contribution is -2.47. The second kappa shape index (κ2) is 11.2. The summed E-state index contributed by atoms with van der Waals surface area (Å²) in [6.07, 6.45) is 2.21. The van der Waals surface area contributed by atoms with Crippen LogP contribution in [-0.4, -0.2) is 42.1 Å². The van der Waals surface area contributed by atoms with Crippen molar-refractivity contribution < 1.29 is 18.0 Å². The van der Waals surface area contributed by atoms with Gasteiger partial charge in [0.1, 0.15) is 5.15 Å². The van der Waals surface area contributed by atoms with Crippen molar-refractivity contribution in [1.82, 2.24) is 15.2 Å². The zero-order valence-electron chi connectivity index (χ0n) is 21.0. The number of nitrogens with zero attached hydrogens (tertiary/aromatic N) is 3. The van der Waals surface area contributed by atoms with E-state index in [0.717, 1.165) is 17.2 Å². The molecule has 0 aliphatic carbocycles. The normalized spacial score (nSPS) is 16.6. The summed E-state index contributed by atoms with van der Waals surface area (Å²) in [5, 5.41) is 4.24. The Morgan fingerprint density at radius 3 is 2.51 bits per heavy atom. The average Bonchev–Trinajstić information content (AvgIpc) is 3.21. The van der Waals surface area contributed by atoms with Crippen molar-refractivity contribution in [2.75, 3.05) is 31.1 Å². The van der Waals surface area contributed by atoms with E-state index in [1.165, 1.54) is 12.1 Å². The summed E-state index contributed by atoms with van der Waals surface area (Å²) in [6.45, 7) is 2.23. The smallest absolute Gasteiger partial charge is 0.317 e. The third-order valence-electron chi connectivity index (χ3n) is 7.38. The van der Waals surface area contributed by atoms with Crippen LogP contribution in [0, 0.1) is 0 Å². The van der Waals surface area contributed by atoms with Crippen LogP contribution < -0.4 is 10.2 Å². The van der Waals surface area contributed by atoms with Gasteiger partial charge in [0, 0.05) is 42.0 Å². The molecule has 1 spiro atoms. The van der Waals surface area contributed by atoms with Crippen molar-refractivity contribution in [3.05, 3.63) is 99.3 Å². The molecule has 3 heterocycles. The lowest BCUT2D eigenvalue weighted by Gasteiger charge is -2.35. The molecule has 2 aromatic carbocycles. The molecule has 0 atom stereocenters. The van der Waals surface area contributed by atoms with Gasteiger partial charge in [-0.2, -0.15) is 13.2 Å². The van der Waals surface area contributed by atoms with Gasteiger partial charge < -0.3 is 10.2 Å². The average molecular weight is 575 g/mol. The topological polar surface area (TPSA) is 48.5 Å². The first-order valence-corrected chi connectivity index (χ1v) is 13.4. The first kappa shape index (κ1) is 27.5. The molecule has 1 saturated heterocycles. The number of alkyl halides is 3. The predicted octanol–water partition coefficient (Wildman–Crippen LogP) is 7.18. The highest BCUT2D eigenvalue weighted by atomic mass is 35.5. The highest BCUT2D eigenvalue weighted by molar-refractivity contribution is 6.30. The van der Waals surface area contributed by atoms with Crippen LogP contribution in [0.15, 0.2) is 66.9 Å². The monoisotopic (exact) mass is 574 g/mol. The Hall–Kier alpha value is -3.07. The number of rotatable bonds is 5. The number of urea groups is 1. The van der Waals surface area contributed by atoms with E-state index in [-0.39, 0.29) is 19.1 Å². The molecule has 1 N–H and O–H groups in total. The summed E-state index contributed by atoms with van der Waals surface area (Å²) >= 11 is 12.1. The maximum Gasteiger partial charge on any atom is 0.416 e. The van der Waals surface area contributed by atoms with Crippen LogP contribution >= 0.6 is 23.2 Å². The summed E-state index contributed by atoms with van der Waals surface area (Å²) < 4.78 is 40.9. The van der Waals surface area contributed by atoms with E-state index in [1.54, 1.807) is 40.3 Å². The molecule has 1 fully saturated rings. The third kappa shape index (κ3) is 6.08. The molecule has 204 valence electrons. The molecule has 5 nitrogen and oxygen atoms in total. The predicted molar refractivity (Wildman–Crippen MR) is 148 cm³/mol. The maximum atomic E-state index is 14.1. The van der Waals surface area contributed by atoms with Gasteiger partial charge in [0.05, 0.1) is 5.56 Å². The summed E-state index contributed by atoms with van der Waals surface area (Å²) in [6, 6.07) is 14.3. The van der Waals surface area contributed by atoms with Crippen molar-refractivity contribution in [2.24, 2.45) is 0 Å². The Morgan fingerprint density at radius 2 is 1.82 bits per heavy atom. The first-order valence-electron chi connectivity index (χ1n) is 12.7. The van der Waals surface area contributed by atoms with Crippen molar-refractivity contribution in [1.29, 1.82) is 0 Å². The zero-order valence-corrected chi connectivity index (χ0v) is 22.5. The van der Waals surface area contributed by atoms with Crippen molar-refractivity contribution in [3.63, 3.8) is 0 Å². The summed E-state index contributed by atoms with van der Waals surface area (Å²) in [4.78, 5) is 21.4. The number of pyridine rings is 1. The number of benzene rings is 2. The van der Waals surface area contributed by atoms with Crippen LogP contribution in [0.2, 0.25) is 10.2 Å². The second-order valence-electron chi connectivity index (χ2n) is 9.95. The van der Waals surface area contributed by atoms with Crippen LogP contribution in [0.1, 0.15) is 35.1 Å². The lowest BCUT2D eigenvalue weighted by atomic mass is 9.74. The van der Waals surface area contributed by atoms with E-state index >= 15 is 0 Å². The number of amides is 2. The fourth-order valence-electron chi connectivity index (χ4n) is 5.38. The number of halogens is 5. The van der Waals surface area contributed by atoms with Crippen molar-refractivity contribution >= 4 is 41.0 Å². The van der Waals surface area contributed by atoms with Crippen molar-refractivity contribution in [2.45, 2.75) is 31.0 Å². The SMILES string of the molecule is O=C(N(CC=Cc1ccc(Cl)cc1)Cc1ccnc(Cl)c1)N1CC2(CCNCC2)c2cc(C(F)(F)F)ccc21. The minimum atomic E-state index is -4.46. The molecule has 39 heavy (non-hydrogen) atoms. The minimum Gasteiger partial charge on any atom is -0.317 e. The standard InChI is InChI=1S/C29H27Cl2F3N4O/c30-23-6-3-20(4-7-23)2-1-15-37(18-21-9-12-36-26(31)16-21)27(39)38-19-28(10-13-35-14-11-28)24-17-22(29(32,33)34)5-8-25(24)38/h1-9,12,16-17,35H,10-11,13-15,18-19H2. The van der Waals surface area contributed by atoms with Crippen molar-refractivity contribution in [3.8, 4) is 0 Å². The summed E-state index contributed by atoms with van der Waals surface area (Å²) in [5.41, 5.74) is 1.64. The highest BCUT2D eigenvalue weighted by Crippen LogP contribution is 2.48. The van der Waals surface area contributed by atoms with E-state index in [4.69, 9.17) is 23.2 Å². The molecule has 3 aromatic rings. The Kier molecular flexibility index (Phi) is 7.89. The number of hydrogen-bond donors (Lipinski definition) is 1. The molecule has 2 aliphatic heterocycles. The van der Waals surface area contributed by atoms with Gasteiger partial charge in [0.15, 0.2) is 0 Å². The van der Waals surface area contributed by atoms with Gasteiger partial charge in [-0.25, -0.2) is 9.78 Å². The number of carbonyl (C=O) groups is 1. The molecular formula is C29H27Cl2F3N4O. The number of carbonyl (C=O) groups excluding carboxylic acids is 1. The van der Waals surface area contributed by atoms with E-state index in [1.807, 2.05) is 24.3 Å². The Bertz CT molecular complexity index is 1370. The molecule has 2 aliphatic rings. The zero-order chi connectivity index (χ0) is 27.6. The van der Waals surface area contributed by atoms with Crippen LogP contribution in [0.25, 0.3) is 6.08 Å². The minimum absolute atomic E-state index is 0.257. The molecular weight excluding hydrogens is 548 g/mol. The van der Waals surface area contributed by atoms with E-state index in [0.29, 0.717) is 53.9 Å². The van der Waals surface area contributed by atoms with E-state index in [9.17, 15) is 18.0 Å². The number of hydrogen-bond acceptors (Lipinski definition) is 3. The molecule has 0 bridgehead atoms. The van der Waals surface area contributed by atoms with Crippen LogP contribution in [0.5, 0.6) is 0 Å². The Balaban J connectivity index is 1.47. The van der Waals surface area contributed by atoms with Gasteiger partial charge in [-0.05, 0) is 85.1 Å². The van der Waals surface area contributed by atoms with Gasteiger partial charge >= 0.3 is 12.2 Å². The summed E-state index contributed by atoms with van der Waals surface area (Å²) in [5.74, 6) is 0. The number of piperidine rings is 1. The maximum absolute atomic E-state index is 14.1. The number of anilines is 1. The third-order valence-corrected chi connectivity index (χ3v) is 7.84. The Labute approximate surface area is 235 Å².